The Labute approximate surface area is 214 Å². The quantitative estimate of drug-likeness (QED) is 0.375. The van der Waals surface area contributed by atoms with Crippen LogP contribution >= 0.6 is 0 Å². The number of carbonyl (C=O) groups excluding carboxylic acids is 2. The van der Waals surface area contributed by atoms with Crippen LogP contribution in [0.25, 0.3) is 0 Å². The zero-order valence-electron chi connectivity index (χ0n) is 21.0. The van der Waals surface area contributed by atoms with Crippen molar-refractivity contribution in [2.45, 2.75) is 45.3 Å². The molecular formula is C24H32FN5O7. The Morgan fingerprint density at radius 1 is 1.24 bits per heavy atom. The van der Waals surface area contributed by atoms with Gasteiger partial charge in [0, 0.05) is 32.5 Å². The van der Waals surface area contributed by atoms with Crippen LogP contribution in [0.3, 0.4) is 0 Å². The van der Waals surface area contributed by atoms with E-state index in [-0.39, 0.29) is 60.8 Å². The van der Waals surface area contributed by atoms with Gasteiger partial charge in [-0.3, -0.25) is 4.79 Å². The molecule has 1 aromatic heterocycles. The first-order valence-corrected chi connectivity index (χ1v) is 11.9. The van der Waals surface area contributed by atoms with Crippen LogP contribution in [0.5, 0.6) is 11.6 Å². The van der Waals surface area contributed by atoms with Gasteiger partial charge in [-0.1, -0.05) is 6.07 Å². The third-order valence-corrected chi connectivity index (χ3v) is 5.28. The number of hydrogen-bond donors (Lipinski definition) is 3. The number of hydroxylamine groups is 2. The Morgan fingerprint density at radius 2 is 2.00 bits per heavy atom. The second-order valence-electron chi connectivity index (χ2n) is 8.50. The Balaban J connectivity index is 1.61. The highest BCUT2D eigenvalue weighted by Gasteiger charge is 2.26. The van der Waals surface area contributed by atoms with Crippen LogP contribution in [0.1, 0.15) is 32.3 Å². The molecule has 1 aliphatic rings. The summed E-state index contributed by atoms with van der Waals surface area (Å²) >= 11 is 0. The van der Waals surface area contributed by atoms with Gasteiger partial charge in [-0.15, -0.1) is 5.06 Å². The summed E-state index contributed by atoms with van der Waals surface area (Å²) in [6.45, 7) is 4.35. The highest BCUT2D eigenvalue weighted by molar-refractivity contribution is 5.78. The number of aliphatic hydroxyl groups excluding tert-OH is 1. The molecule has 13 heteroatoms. The van der Waals surface area contributed by atoms with Gasteiger partial charge in [-0.25, -0.2) is 14.2 Å². The number of ether oxygens (including phenoxy) is 3. The summed E-state index contributed by atoms with van der Waals surface area (Å²) in [6.07, 6.45) is 1.15. The van der Waals surface area contributed by atoms with Crippen LogP contribution < -0.4 is 20.1 Å². The topological polar surface area (TPSA) is 144 Å². The lowest BCUT2D eigenvalue weighted by Crippen LogP contribution is -2.40. The summed E-state index contributed by atoms with van der Waals surface area (Å²) in [5, 5.41) is 15.7. The van der Waals surface area contributed by atoms with Crippen molar-refractivity contribution in [1.29, 1.82) is 0 Å². The number of hydrogen-bond acceptors (Lipinski definition) is 11. The molecule has 1 fully saturated rings. The molecule has 1 aromatic carbocycles. The summed E-state index contributed by atoms with van der Waals surface area (Å²) in [4.78, 5) is 37.0. The SMILES string of the molecule is COc1c(Nc2ccc(CC(=O)NCCO)cc2F)ncnc1OC1CCN(OC(=O)OC(C)C)CC1. The van der Waals surface area contributed by atoms with Gasteiger partial charge in [-0.05, 0) is 31.5 Å². The minimum atomic E-state index is -0.743. The van der Waals surface area contributed by atoms with Crippen molar-refractivity contribution in [3.8, 4) is 11.6 Å². The molecule has 0 atom stereocenters. The second-order valence-corrected chi connectivity index (χ2v) is 8.50. The number of halogens is 1. The molecule has 0 unspecified atom stereocenters. The van der Waals surface area contributed by atoms with Gasteiger partial charge in [0.2, 0.25) is 11.7 Å². The van der Waals surface area contributed by atoms with Crippen LogP contribution in [0.4, 0.5) is 20.7 Å². The third kappa shape index (κ3) is 8.43. The summed E-state index contributed by atoms with van der Waals surface area (Å²) < 4.78 is 31.2. The molecule has 1 aliphatic heterocycles. The molecule has 202 valence electrons. The Hall–Kier alpha value is -3.71. The summed E-state index contributed by atoms with van der Waals surface area (Å²) in [5.41, 5.74) is 0.603. The zero-order valence-corrected chi connectivity index (χ0v) is 21.0. The maximum atomic E-state index is 14.7. The average molecular weight is 522 g/mol. The van der Waals surface area contributed by atoms with Crippen LogP contribution in [-0.2, 0) is 20.8 Å². The Kier molecular flexibility index (Phi) is 10.2. The smallest absolute Gasteiger partial charge is 0.489 e. The number of anilines is 2. The maximum Gasteiger partial charge on any atom is 0.528 e. The van der Waals surface area contributed by atoms with Gasteiger partial charge >= 0.3 is 6.16 Å². The predicted octanol–water partition coefficient (Wildman–Crippen LogP) is 2.34. The van der Waals surface area contributed by atoms with Gasteiger partial charge in [0.05, 0.1) is 31.9 Å². The molecular weight excluding hydrogens is 489 g/mol. The van der Waals surface area contributed by atoms with Crippen molar-refractivity contribution in [2.24, 2.45) is 0 Å². The van der Waals surface area contributed by atoms with Crippen LogP contribution in [0, 0.1) is 5.82 Å². The lowest BCUT2D eigenvalue weighted by Gasteiger charge is -2.30. The largest absolute Gasteiger partial charge is 0.528 e. The number of aliphatic hydroxyl groups is 1. The molecule has 0 saturated carbocycles. The van der Waals surface area contributed by atoms with E-state index < -0.39 is 12.0 Å². The molecule has 3 N–H and O–H groups in total. The second kappa shape index (κ2) is 13.6. The summed E-state index contributed by atoms with van der Waals surface area (Å²) in [7, 11) is 1.43. The van der Waals surface area contributed by atoms with Crippen molar-refractivity contribution >= 4 is 23.6 Å². The number of methoxy groups -OCH3 is 1. The van der Waals surface area contributed by atoms with Crippen LogP contribution in [0.15, 0.2) is 24.5 Å². The molecule has 2 aromatic rings. The van der Waals surface area contributed by atoms with E-state index in [0.717, 1.165) is 0 Å². The number of nitrogens with one attached hydrogen (secondary N) is 2. The fraction of sp³-hybridized carbons (Fsp3) is 0.500. The van der Waals surface area contributed by atoms with E-state index in [2.05, 4.69) is 20.6 Å². The van der Waals surface area contributed by atoms with E-state index >= 15 is 0 Å². The molecule has 12 nitrogen and oxygen atoms in total. The third-order valence-electron chi connectivity index (χ3n) is 5.28. The maximum absolute atomic E-state index is 14.7. The van der Waals surface area contributed by atoms with Gasteiger partial charge in [-0.2, -0.15) is 4.98 Å². The highest BCUT2D eigenvalue weighted by atomic mass is 19.1. The number of carbonyl (C=O) groups is 2. The van der Waals surface area contributed by atoms with Crippen molar-refractivity contribution < 1.29 is 38.1 Å². The van der Waals surface area contributed by atoms with Gasteiger partial charge < -0.3 is 34.8 Å². The molecule has 0 aliphatic carbocycles. The van der Waals surface area contributed by atoms with E-state index in [4.69, 9.17) is 24.2 Å². The predicted molar refractivity (Wildman–Crippen MR) is 130 cm³/mol. The molecule has 2 heterocycles. The first-order valence-electron chi connectivity index (χ1n) is 11.9. The standard InChI is InChI=1S/C24H32FN5O7/c1-15(2)35-24(33)37-30-9-6-17(7-10-30)36-23-21(34-3)22(27-14-28-23)29-19-5-4-16(12-18(19)25)13-20(32)26-8-11-31/h4-5,12,14-15,17,31H,6-11,13H2,1-3H3,(H,26,32)(H,27,28,29). The number of amides is 1. The number of rotatable bonds is 11. The molecule has 37 heavy (non-hydrogen) atoms. The Morgan fingerprint density at radius 3 is 2.65 bits per heavy atom. The number of nitrogens with zero attached hydrogens (tertiary/aromatic N) is 3. The lowest BCUT2D eigenvalue weighted by molar-refractivity contribution is -0.151. The van der Waals surface area contributed by atoms with E-state index in [1.807, 2.05) is 0 Å². The monoisotopic (exact) mass is 521 g/mol. The van der Waals surface area contributed by atoms with E-state index in [1.54, 1.807) is 19.9 Å². The van der Waals surface area contributed by atoms with Crippen molar-refractivity contribution in [1.82, 2.24) is 20.3 Å². The van der Waals surface area contributed by atoms with Crippen molar-refractivity contribution in [3.63, 3.8) is 0 Å². The normalized spacial score (nSPS) is 14.2. The van der Waals surface area contributed by atoms with Crippen molar-refractivity contribution in [3.05, 3.63) is 35.9 Å². The summed E-state index contributed by atoms with van der Waals surface area (Å²) in [6, 6.07) is 4.35. The van der Waals surface area contributed by atoms with E-state index in [9.17, 15) is 14.0 Å². The molecule has 3 rings (SSSR count). The number of aromatic nitrogens is 2. The molecule has 0 spiro atoms. The zero-order chi connectivity index (χ0) is 26.8. The number of piperidine rings is 1. The van der Waals surface area contributed by atoms with Crippen molar-refractivity contribution in [2.75, 3.05) is 38.7 Å². The first kappa shape index (κ1) is 27.9. The molecule has 0 radical (unpaired) electrons. The first-order chi connectivity index (χ1) is 17.8. The average Bonchev–Trinajstić information content (AvgIpc) is 2.85. The van der Waals surface area contributed by atoms with Crippen LogP contribution in [0.2, 0.25) is 0 Å². The van der Waals surface area contributed by atoms with E-state index in [0.29, 0.717) is 31.5 Å². The van der Waals surface area contributed by atoms with Gasteiger partial charge in [0.15, 0.2) is 5.82 Å². The van der Waals surface area contributed by atoms with E-state index in [1.165, 1.54) is 30.6 Å². The van der Waals surface area contributed by atoms with Gasteiger partial charge in [0.1, 0.15) is 18.2 Å². The minimum Gasteiger partial charge on any atom is -0.489 e. The van der Waals surface area contributed by atoms with Crippen LogP contribution in [-0.4, -0.2) is 77.8 Å². The lowest BCUT2D eigenvalue weighted by atomic mass is 10.1. The molecule has 0 bridgehead atoms. The molecule has 1 amide bonds. The highest BCUT2D eigenvalue weighted by Crippen LogP contribution is 2.35. The van der Waals surface area contributed by atoms with Gasteiger partial charge in [0.25, 0.3) is 5.88 Å². The minimum absolute atomic E-state index is 0.0191. The fourth-order valence-electron chi connectivity index (χ4n) is 3.57. The summed E-state index contributed by atoms with van der Waals surface area (Å²) in [5.74, 6) is -0.304. The fourth-order valence-corrected chi connectivity index (χ4v) is 3.57. The Bertz CT molecular complexity index is 1060. The molecule has 1 saturated heterocycles. The number of benzene rings is 1.